The molecule has 2 aliphatic carbocycles. The van der Waals surface area contributed by atoms with E-state index in [1.807, 2.05) is 6.07 Å². The number of aliphatic hydroxyl groups is 1. The van der Waals surface area contributed by atoms with Gasteiger partial charge in [-0.15, -0.1) is 0 Å². The molecule has 0 bridgehead atoms. The van der Waals surface area contributed by atoms with Crippen molar-refractivity contribution in [3.8, 4) is 0 Å². The van der Waals surface area contributed by atoms with Gasteiger partial charge in [0.2, 0.25) is 0 Å². The van der Waals surface area contributed by atoms with Crippen LogP contribution in [0.1, 0.15) is 56.6 Å². The Bertz CT molecular complexity index is 431. The van der Waals surface area contributed by atoms with Gasteiger partial charge >= 0.3 is 0 Å². The summed E-state index contributed by atoms with van der Waals surface area (Å²) in [6.07, 6.45) is 8.13. The number of benzene rings is 1. The predicted octanol–water partition coefficient (Wildman–Crippen LogP) is 4.47. The first kappa shape index (κ1) is 13.1. The van der Waals surface area contributed by atoms with Crippen LogP contribution in [0.2, 0.25) is 0 Å². The van der Waals surface area contributed by atoms with Gasteiger partial charge in [0.1, 0.15) is 5.82 Å². The second kappa shape index (κ2) is 5.62. The Balaban J connectivity index is 1.71. The molecule has 0 radical (unpaired) electrons. The summed E-state index contributed by atoms with van der Waals surface area (Å²) in [4.78, 5) is 0. The highest BCUT2D eigenvalue weighted by molar-refractivity contribution is 5.20. The molecule has 3 rings (SSSR count). The third-order valence-corrected chi connectivity index (χ3v) is 5.25. The fraction of sp³-hybridized carbons (Fsp3) is 0.647. The maximum atomic E-state index is 13.8. The van der Waals surface area contributed by atoms with Crippen LogP contribution in [0.15, 0.2) is 24.3 Å². The number of fused-ring (bicyclic) bond motifs is 1. The molecule has 4 atom stereocenters. The fourth-order valence-corrected chi connectivity index (χ4v) is 4.17. The molecule has 0 spiro atoms. The van der Waals surface area contributed by atoms with Gasteiger partial charge in [-0.05, 0) is 43.1 Å². The van der Waals surface area contributed by atoms with Gasteiger partial charge in [-0.2, -0.15) is 0 Å². The molecule has 1 nitrogen and oxygen atoms in total. The molecule has 2 saturated carbocycles. The lowest BCUT2D eigenvalue weighted by atomic mass is 9.66. The van der Waals surface area contributed by atoms with E-state index in [4.69, 9.17) is 0 Å². The zero-order valence-electron chi connectivity index (χ0n) is 11.4. The monoisotopic (exact) mass is 262 g/mol. The average Bonchev–Trinajstić information content (AvgIpc) is 2.46. The standard InChI is InChI=1S/C17H23FO/c18-16-8-4-3-7-15(16)17(19)14-10-9-12-5-1-2-6-13(12)11-14/h3-4,7-8,12-14,17,19H,1-2,5-6,9-11H2. The maximum Gasteiger partial charge on any atom is 0.129 e. The highest BCUT2D eigenvalue weighted by atomic mass is 19.1. The van der Waals surface area contributed by atoms with Crippen LogP contribution in [0.25, 0.3) is 0 Å². The Hall–Kier alpha value is -0.890. The summed E-state index contributed by atoms with van der Waals surface area (Å²) in [7, 11) is 0. The minimum atomic E-state index is -0.621. The van der Waals surface area contributed by atoms with Gasteiger partial charge in [0, 0.05) is 5.56 Å². The Morgan fingerprint density at radius 3 is 2.53 bits per heavy atom. The van der Waals surface area contributed by atoms with E-state index in [2.05, 4.69) is 0 Å². The summed E-state index contributed by atoms with van der Waals surface area (Å²) >= 11 is 0. The van der Waals surface area contributed by atoms with Crippen molar-refractivity contribution >= 4 is 0 Å². The molecule has 2 fully saturated rings. The number of hydrogen-bond donors (Lipinski definition) is 1. The number of aliphatic hydroxyl groups excluding tert-OH is 1. The Kier molecular flexibility index (Phi) is 3.88. The van der Waals surface area contributed by atoms with Crippen LogP contribution in [-0.4, -0.2) is 5.11 Å². The van der Waals surface area contributed by atoms with E-state index in [0.29, 0.717) is 5.56 Å². The topological polar surface area (TPSA) is 20.2 Å². The molecule has 19 heavy (non-hydrogen) atoms. The third kappa shape index (κ3) is 2.69. The van der Waals surface area contributed by atoms with E-state index in [-0.39, 0.29) is 11.7 Å². The van der Waals surface area contributed by atoms with Crippen LogP contribution < -0.4 is 0 Å². The molecule has 0 aliphatic heterocycles. The molecule has 0 heterocycles. The van der Waals surface area contributed by atoms with E-state index in [1.165, 1.54) is 38.2 Å². The van der Waals surface area contributed by atoms with Crippen molar-refractivity contribution in [2.75, 3.05) is 0 Å². The van der Waals surface area contributed by atoms with Crippen LogP contribution in [-0.2, 0) is 0 Å². The van der Waals surface area contributed by atoms with Crippen molar-refractivity contribution in [1.29, 1.82) is 0 Å². The van der Waals surface area contributed by atoms with Gasteiger partial charge in [0.25, 0.3) is 0 Å². The Morgan fingerprint density at radius 1 is 1.00 bits per heavy atom. The third-order valence-electron chi connectivity index (χ3n) is 5.25. The predicted molar refractivity (Wildman–Crippen MR) is 74.1 cm³/mol. The maximum absolute atomic E-state index is 13.8. The van der Waals surface area contributed by atoms with Gasteiger partial charge < -0.3 is 5.11 Å². The van der Waals surface area contributed by atoms with Crippen LogP contribution in [0.4, 0.5) is 4.39 Å². The lowest BCUT2D eigenvalue weighted by Gasteiger charge is -2.40. The largest absolute Gasteiger partial charge is 0.388 e. The van der Waals surface area contributed by atoms with E-state index in [1.54, 1.807) is 12.1 Å². The smallest absolute Gasteiger partial charge is 0.129 e. The highest BCUT2D eigenvalue weighted by Gasteiger charge is 2.35. The number of rotatable bonds is 2. The van der Waals surface area contributed by atoms with Crippen LogP contribution in [0.5, 0.6) is 0 Å². The van der Waals surface area contributed by atoms with Crippen LogP contribution in [0, 0.1) is 23.6 Å². The van der Waals surface area contributed by atoms with E-state index >= 15 is 0 Å². The van der Waals surface area contributed by atoms with Crippen molar-refractivity contribution in [2.45, 2.75) is 51.0 Å². The summed E-state index contributed by atoms with van der Waals surface area (Å²) < 4.78 is 13.8. The highest BCUT2D eigenvalue weighted by Crippen LogP contribution is 2.46. The second-order valence-corrected chi connectivity index (χ2v) is 6.34. The summed E-state index contributed by atoms with van der Waals surface area (Å²) in [5.74, 6) is 1.63. The van der Waals surface area contributed by atoms with Crippen molar-refractivity contribution < 1.29 is 9.50 Å². The van der Waals surface area contributed by atoms with Gasteiger partial charge in [-0.3, -0.25) is 0 Å². The van der Waals surface area contributed by atoms with Crippen molar-refractivity contribution in [3.05, 3.63) is 35.6 Å². The Morgan fingerprint density at radius 2 is 1.74 bits per heavy atom. The van der Waals surface area contributed by atoms with Crippen LogP contribution >= 0.6 is 0 Å². The van der Waals surface area contributed by atoms with Crippen molar-refractivity contribution in [3.63, 3.8) is 0 Å². The Labute approximate surface area is 114 Å². The first-order valence-corrected chi connectivity index (χ1v) is 7.68. The van der Waals surface area contributed by atoms with Crippen molar-refractivity contribution in [2.24, 2.45) is 17.8 Å². The van der Waals surface area contributed by atoms with E-state index in [0.717, 1.165) is 24.7 Å². The molecule has 1 aromatic carbocycles. The van der Waals surface area contributed by atoms with Crippen LogP contribution in [0.3, 0.4) is 0 Å². The summed E-state index contributed by atoms with van der Waals surface area (Å²) in [5.41, 5.74) is 0.488. The summed E-state index contributed by atoms with van der Waals surface area (Å²) in [6, 6.07) is 6.68. The number of halogens is 1. The zero-order chi connectivity index (χ0) is 13.2. The van der Waals surface area contributed by atoms with Crippen molar-refractivity contribution in [1.82, 2.24) is 0 Å². The molecular weight excluding hydrogens is 239 g/mol. The quantitative estimate of drug-likeness (QED) is 0.834. The number of hydrogen-bond acceptors (Lipinski definition) is 1. The minimum absolute atomic E-state index is 0.247. The normalized spacial score (nSPS) is 32.6. The molecule has 1 aromatic rings. The molecule has 0 saturated heterocycles. The molecule has 1 N–H and O–H groups in total. The molecule has 104 valence electrons. The van der Waals surface area contributed by atoms with Gasteiger partial charge in [0.15, 0.2) is 0 Å². The molecule has 4 unspecified atom stereocenters. The van der Waals surface area contributed by atoms with Gasteiger partial charge in [-0.25, -0.2) is 4.39 Å². The first-order valence-electron chi connectivity index (χ1n) is 7.68. The minimum Gasteiger partial charge on any atom is -0.388 e. The second-order valence-electron chi connectivity index (χ2n) is 6.34. The van der Waals surface area contributed by atoms with E-state index < -0.39 is 6.10 Å². The summed E-state index contributed by atoms with van der Waals surface area (Å²) in [5, 5.41) is 10.5. The summed E-state index contributed by atoms with van der Waals surface area (Å²) in [6.45, 7) is 0. The zero-order valence-corrected chi connectivity index (χ0v) is 11.4. The molecular formula is C17H23FO. The van der Waals surface area contributed by atoms with Gasteiger partial charge in [-0.1, -0.05) is 43.9 Å². The lowest BCUT2D eigenvalue weighted by molar-refractivity contribution is 0.0330. The first-order chi connectivity index (χ1) is 9.25. The molecule has 0 aromatic heterocycles. The molecule has 2 aliphatic rings. The van der Waals surface area contributed by atoms with Gasteiger partial charge in [0.05, 0.1) is 6.10 Å². The lowest BCUT2D eigenvalue weighted by Crippen LogP contribution is -2.30. The fourth-order valence-electron chi connectivity index (χ4n) is 4.17. The average molecular weight is 262 g/mol. The van der Waals surface area contributed by atoms with E-state index in [9.17, 15) is 9.50 Å². The molecule has 0 amide bonds. The SMILES string of the molecule is OC(c1ccccc1F)C1CCC2CCCCC2C1. The molecule has 2 heteroatoms.